The van der Waals surface area contributed by atoms with Crippen molar-refractivity contribution in [3.63, 3.8) is 0 Å². The van der Waals surface area contributed by atoms with Gasteiger partial charge in [0, 0.05) is 5.75 Å². The largest absolute Gasteiger partial charge is 0.480 e. The van der Waals surface area contributed by atoms with Crippen LogP contribution in [0.1, 0.15) is 15.4 Å². The van der Waals surface area contributed by atoms with Crippen molar-refractivity contribution in [1.82, 2.24) is 9.88 Å². The third-order valence-electron chi connectivity index (χ3n) is 2.37. The first-order valence-corrected chi connectivity index (χ1v) is 6.66. The van der Waals surface area contributed by atoms with E-state index in [-0.39, 0.29) is 5.91 Å². The number of nitrogens with zero attached hydrogens (tertiary/aromatic N) is 2. The van der Waals surface area contributed by atoms with E-state index in [1.165, 1.54) is 28.0 Å². The predicted molar refractivity (Wildman–Crippen MR) is 61.8 cm³/mol. The molecule has 1 aromatic rings. The summed E-state index contributed by atoms with van der Waals surface area (Å²) in [5.41, 5.74) is 2.26. The van der Waals surface area contributed by atoms with E-state index in [0.717, 1.165) is 0 Å². The van der Waals surface area contributed by atoms with Crippen molar-refractivity contribution >= 4 is 35.0 Å². The minimum atomic E-state index is -0.944. The second-order valence-electron chi connectivity index (χ2n) is 3.40. The van der Waals surface area contributed by atoms with Crippen molar-refractivity contribution in [2.45, 2.75) is 13.0 Å². The van der Waals surface area contributed by atoms with Crippen molar-refractivity contribution in [1.29, 1.82) is 0 Å². The highest BCUT2D eigenvalue weighted by molar-refractivity contribution is 7.99. The van der Waals surface area contributed by atoms with Crippen LogP contribution in [0.4, 0.5) is 0 Å². The average molecular weight is 258 g/mol. The van der Waals surface area contributed by atoms with Crippen LogP contribution < -0.4 is 0 Å². The summed E-state index contributed by atoms with van der Waals surface area (Å²) in [5, 5.41) is 8.98. The Labute approximate surface area is 100 Å². The van der Waals surface area contributed by atoms with Crippen LogP contribution in [-0.2, 0) is 4.79 Å². The molecule has 1 atom stereocenters. The molecular weight excluding hydrogens is 248 g/mol. The van der Waals surface area contributed by atoms with Gasteiger partial charge in [-0.1, -0.05) is 0 Å². The molecule has 1 aromatic heterocycles. The van der Waals surface area contributed by atoms with E-state index in [1.54, 1.807) is 12.4 Å². The minimum Gasteiger partial charge on any atom is -0.480 e. The Morgan fingerprint density at radius 3 is 2.94 bits per heavy atom. The van der Waals surface area contributed by atoms with Gasteiger partial charge in [0.05, 0.1) is 17.1 Å². The van der Waals surface area contributed by atoms with E-state index < -0.39 is 12.0 Å². The molecule has 0 bridgehead atoms. The van der Waals surface area contributed by atoms with Gasteiger partial charge in [-0.2, -0.15) is 0 Å². The summed E-state index contributed by atoms with van der Waals surface area (Å²) in [7, 11) is 0. The zero-order valence-corrected chi connectivity index (χ0v) is 10.2. The Bertz CT molecular complexity index is 432. The van der Waals surface area contributed by atoms with Gasteiger partial charge in [0.15, 0.2) is 0 Å². The number of thioether (sulfide) groups is 1. The van der Waals surface area contributed by atoms with E-state index in [9.17, 15) is 9.59 Å². The topological polar surface area (TPSA) is 70.5 Å². The number of thiazole rings is 1. The molecule has 7 heteroatoms. The van der Waals surface area contributed by atoms with E-state index in [4.69, 9.17) is 5.11 Å². The SMILES string of the molecule is Cc1ncsc1C(=O)N1CSC[C@H]1C(=O)O. The summed E-state index contributed by atoms with van der Waals surface area (Å²) < 4.78 is 0. The van der Waals surface area contributed by atoms with Gasteiger partial charge in [-0.25, -0.2) is 9.78 Å². The molecule has 1 saturated heterocycles. The number of aryl methyl sites for hydroxylation is 1. The maximum Gasteiger partial charge on any atom is 0.327 e. The lowest BCUT2D eigenvalue weighted by Gasteiger charge is -2.19. The number of hydrogen-bond acceptors (Lipinski definition) is 5. The second-order valence-corrected chi connectivity index (χ2v) is 5.25. The lowest BCUT2D eigenvalue weighted by atomic mass is 10.2. The van der Waals surface area contributed by atoms with E-state index in [1.807, 2.05) is 0 Å². The summed E-state index contributed by atoms with van der Waals surface area (Å²) in [4.78, 5) is 28.9. The van der Waals surface area contributed by atoms with Crippen LogP contribution in [0.2, 0.25) is 0 Å². The van der Waals surface area contributed by atoms with Gasteiger partial charge in [0.25, 0.3) is 5.91 Å². The summed E-state index contributed by atoms with van der Waals surface area (Å²) >= 11 is 2.71. The summed E-state index contributed by atoms with van der Waals surface area (Å²) in [6, 6.07) is -0.709. The fourth-order valence-corrected chi connectivity index (χ4v) is 3.39. The van der Waals surface area contributed by atoms with Crippen LogP contribution in [0.15, 0.2) is 5.51 Å². The number of hydrogen-bond donors (Lipinski definition) is 1. The van der Waals surface area contributed by atoms with Gasteiger partial charge in [-0.15, -0.1) is 23.1 Å². The molecule has 1 aliphatic heterocycles. The van der Waals surface area contributed by atoms with Crippen molar-refractivity contribution in [3.8, 4) is 0 Å². The molecule has 1 fully saturated rings. The number of amides is 1. The molecule has 0 saturated carbocycles. The zero-order valence-electron chi connectivity index (χ0n) is 8.54. The third-order valence-corrected chi connectivity index (χ3v) is 4.30. The quantitative estimate of drug-likeness (QED) is 0.858. The number of carbonyl (C=O) groups excluding carboxylic acids is 1. The number of carboxylic acids is 1. The van der Waals surface area contributed by atoms with Crippen molar-refractivity contribution in [2.75, 3.05) is 11.6 Å². The highest BCUT2D eigenvalue weighted by Gasteiger charge is 2.35. The molecule has 0 unspecified atom stereocenters. The summed E-state index contributed by atoms with van der Waals surface area (Å²) in [5.74, 6) is -0.274. The van der Waals surface area contributed by atoms with Gasteiger partial charge in [0.2, 0.25) is 0 Å². The van der Waals surface area contributed by atoms with Gasteiger partial charge in [0.1, 0.15) is 10.9 Å². The molecule has 86 valence electrons. The molecule has 1 N–H and O–H groups in total. The summed E-state index contributed by atoms with van der Waals surface area (Å²) in [6.45, 7) is 1.75. The van der Waals surface area contributed by atoms with Crippen LogP contribution in [-0.4, -0.2) is 44.5 Å². The lowest BCUT2D eigenvalue weighted by molar-refractivity contribution is -0.140. The second kappa shape index (κ2) is 4.42. The third kappa shape index (κ3) is 1.92. The van der Waals surface area contributed by atoms with Crippen molar-refractivity contribution in [3.05, 3.63) is 16.1 Å². The highest BCUT2D eigenvalue weighted by atomic mass is 32.2. The zero-order chi connectivity index (χ0) is 11.7. The maximum atomic E-state index is 12.1. The minimum absolute atomic E-state index is 0.225. The fourth-order valence-electron chi connectivity index (χ4n) is 1.49. The first-order chi connectivity index (χ1) is 7.61. The standard InChI is InChI=1S/C9H10N2O3S2/c1-5-7(16-3-10-5)8(12)11-4-15-2-6(11)9(13)14/h3,6H,2,4H2,1H3,(H,13,14)/t6-/m0/s1. The Kier molecular flexibility index (Phi) is 3.15. The van der Waals surface area contributed by atoms with Crippen LogP contribution in [0.25, 0.3) is 0 Å². The average Bonchev–Trinajstić information content (AvgIpc) is 2.84. The number of aliphatic carboxylic acids is 1. The van der Waals surface area contributed by atoms with Crippen LogP contribution >= 0.6 is 23.1 Å². The fraction of sp³-hybridized carbons (Fsp3) is 0.444. The van der Waals surface area contributed by atoms with Crippen LogP contribution in [0, 0.1) is 6.92 Å². The normalized spacial score (nSPS) is 20.1. The molecule has 0 radical (unpaired) electrons. The molecule has 0 spiro atoms. The Morgan fingerprint density at radius 2 is 2.38 bits per heavy atom. The summed E-state index contributed by atoms with van der Waals surface area (Å²) in [6.07, 6.45) is 0. The molecule has 0 aromatic carbocycles. The molecule has 5 nitrogen and oxygen atoms in total. The number of carbonyl (C=O) groups is 2. The smallest absolute Gasteiger partial charge is 0.327 e. The van der Waals surface area contributed by atoms with E-state index >= 15 is 0 Å². The molecule has 1 amide bonds. The number of rotatable bonds is 2. The molecule has 1 aliphatic rings. The Morgan fingerprint density at radius 1 is 1.62 bits per heavy atom. The van der Waals surface area contributed by atoms with Gasteiger partial charge in [-0.05, 0) is 6.92 Å². The van der Waals surface area contributed by atoms with Gasteiger partial charge < -0.3 is 10.0 Å². The molecule has 2 heterocycles. The van der Waals surface area contributed by atoms with Gasteiger partial charge >= 0.3 is 5.97 Å². The van der Waals surface area contributed by atoms with Gasteiger partial charge in [-0.3, -0.25) is 4.79 Å². The molecule has 2 rings (SSSR count). The lowest BCUT2D eigenvalue weighted by Crippen LogP contribution is -2.41. The molecule has 0 aliphatic carbocycles. The van der Waals surface area contributed by atoms with Crippen LogP contribution in [0.5, 0.6) is 0 Å². The Hall–Kier alpha value is -1.08. The highest BCUT2D eigenvalue weighted by Crippen LogP contribution is 2.25. The van der Waals surface area contributed by atoms with E-state index in [2.05, 4.69) is 4.98 Å². The maximum absolute atomic E-state index is 12.1. The predicted octanol–water partition coefficient (Wildman–Crippen LogP) is 1.05. The number of aromatic nitrogens is 1. The number of carboxylic acid groups (broad SMARTS) is 1. The Balaban J connectivity index is 2.22. The molecule has 16 heavy (non-hydrogen) atoms. The first kappa shape index (κ1) is 11.4. The van der Waals surface area contributed by atoms with Crippen molar-refractivity contribution in [2.24, 2.45) is 0 Å². The van der Waals surface area contributed by atoms with Crippen LogP contribution in [0.3, 0.4) is 0 Å². The first-order valence-electron chi connectivity index (χ1n) is 4.63. The monoisotopic (exact) mass is 258 g/mol. The molecular formula is C9H10N2O3S2. The van der Waals surface area contributed by atoms with Crippen molar-refractivity contribution < 1.29 is 14.7 Å². The van der Waals surface area contributed by atoms with E-state index in [0.29, 0.717) is 22.2 Å².